The number of rotatable bonds is 2. The third kappa shape index (κ3) is 4.90. The van der Waals surface area contributed by atoms with Crippen LogP contribution in [0.5, 0.6) is 0 Å². The van der Waals surface area contributed by atoms with E-state index in [-0.39, 0.29) is 25.9 Å². The van der Waals surface area contributed by atoms with Gasteiger partial charge in [-0.15, -0.1) is 0 Å². The molecule has 0 spiro atoms. The van der Waals surface area contributed by atoms with E-state index < -0.39 is 17.2 Å². The van der Waals surface area contributed by atoms with E-state index in [1.54, 1.807) is 0 Å². The summed E-state index contributed by atoms with van der Waals surface area (Å²) in [7, 11) is 0.858. The quantitative estimate of drug-likeness (QED) is 0.594. The van der Waals surface area contributed by atoms with Crippen LogP contribution in [0.2, 0.25) is 32.7 Å². The van der Waals surface area contributed by atoms with Crippen molar-refractivity contribution in [2.75, 3.05) is 7.05 Å². The molecule has 0 aliphatic heterocycles. The van der Waals surface area contributed by atoms with Gasteiger partial charge in [0, 0.05) is 0 Å². The summed E-state index contributed by atoms with van der Waals surface area (Å²) in [5.74, 6) is 0. The smallest absolute Gasteiger partial charge is 1.00 e. The summed E-state index contributed by atoms with van der Waals surface area (Å²) in [4.78, 5) is 0. The number of hydrogen-bond acceptors (Lipinski definition) is 1. The van der Waals surface area contributed by atoms with Gasteiger partial charge in [-0.2, -0.15) is 0 Å². The molecule has 10 heavy (non-hydrogen) atoms. The molecule has 0 N–H and O–H groups in total. The summed E-state index contributed by atoms with van der Waals surface area (Å²) in [6, 6.07) is 0. The summed E-state index contributed by atoms with van der Waals surface area (Å²) in [6.45, 7) is 12.0. The van der Waals surface area contributed by atoms with E-state index >= 15 is 0 Å². The van der Waals surface area contributed by atoms with Crippen molar-refractivity contribution in [3.8, 4) is 0 Å². The maximum atomic E-state index is 2.63. The third-order valence-corrected chi connectivity index (χ3v) is 9.37. The molecule has 0 aromatic rings. The Hall–Kier alpha value is 1.16. The molecule has 0 aromatic heterocycles. The van der Waals surface area contributed by atoms with Gasteiger partial charge in [-0.25, -0.2) is 0 Å². The van der Waals surface area contributed by atoms with Crippen LogP contribution >= 0.6 is 0 Å². The van der Waals surface area contributed by atoms with Crippen molar-refractivity contribution in [2.24, 2.45) is 0 Å². The van der Waals surface area contributed by atoms with Crippen LogP contribution in [0.3, 0.4) is 0 Å². The van der Waals surface area contributed by atoms with Crippen LogP contribution in [0, 0.1) is 0 Å². The molecule has 0 unspecified atom stereocenters. The van der Waals surface area contributed by atoms with Gasteiger partial charge < -0.3 is 7.08 Å². The van der Waals surface area contributed by atoms with Gasteiger partial charge in [0.1, 0.15) is 8.24 Å². The minimum atomic E-state index is -0.929. The van der Waals surface area contributed by atoms with E-state index in [0.717, 1.165) is 0 Å². The van der Waals surface area contributed by atoms with Crippen LogP contribution in [0.25, 0.3) is 0 Å². The van der Waals surface area contributed by atoms with Gasteiger partial charge in [-0.05, 0) is 7.05 Å². The fourth-order valence-corrected chi connectivity index (χ4v) is 6.97. The zero-order valence-corrected chi connectivity index (χ0v) is 11.8. The molecule has 0 heterocycles. The third-order valence-electron chi connectivity index (χ3n) is 1.83. The first kappa shape index (κ1) is 13.7. The van der Waals surface area contributed by atoms with Gasteiger partial charge in [-0.1, -0.05) is 32.7 Å². The Kier molecular flexibility index (Phi) is 6.76. The first-order valence-corrected chi connectivity index (χ1v) is 9.86. The van der Waals surface area contributed by atoms with Gasteiger partial charge in [-0.3, -0.25) is 0 Å². The van der Waals surface area contributed by atoms with Crippen LogP contribution in [0.4, 0.5) is 0 Å². The molecular formula is C6H21MgNSi2. The van der Waals surface area contributed by atoms with E-state index in [2.05, 4.69) is 44.0 Å². The molecule has 0 fully saturated rings. The summed E-state index contributed by atoms with van der Waals surface area (Å²) in [5.41, 5.74) is 0. The van der Waals surface area contributed by atoms with Gasteiger partial charge in [0.05, 0.1) is 8.96 Å². The molecule has 0 radical (unpaired) electrons. The molecule has 0 rings (SSSR count). The van der Waals surface area contributed by atoms with Gasteiger partial charge >= 0.3 is 23.1 Å². The maximum absolute atomic E-state index is 2.63. The van der Waals surface area contributed by atoms with Crippen LogP contribution in [-0.4, -0.2) is 51.5 Å². The molecule has 0 saturated heterocycles. The van der Waals surface area contributed by atoms with E-state index in [4.69, 9.17) is 0 Å². The minimum Gasteiger partial charge on any atom is -1.00 e. The Balaban J connectivity index is -0.000000107. The monoisotopic (exact) mass is 187 g/mol. The second-order valence-corrected chi connectivity index (χ2v) is 12.4. The van der Waals surface area contributed by atoms with E-state index in [9.17, 15) is 0 Å². The minimum absolute atomic E-state index is 0. The molecule has 0 atom stereocenters. The van der Waals surface area contributed by atoms with Crippen molar-refractivity contribution in [3.63, 3.8) is 0 Å². The van der Waals surface area contributed by atoms with Crippen molar-refractivity contribution in [2.45, 2.75) is 32.7 Å². The van der Waals surface area contributed by atoms with Crippen molar-refractivity contribution in [1.29, 1.82) is 0 Å². The molecule has 0 bridgehead atoms. The first-order chi connectivity index (χ1) is 3.85. The molecule has 60 valence electrons. The molecule has 0 saturated carbocycles. The van der Waals surface area contributed by atoms with Crippen molar-refractivity contribution >= 4 is 40.2 Å². The van der Waals surface area contributed by atoms with Gasteiger partial charge in [0.15, 0.2) is 0 Å². The standard InChI is InChI=1S/C6H19NSi2.Mg.2H/c1-7(8(2)3)9(4,5)6;;;/h8H,1-6H3;;;/q;+2;2*-1. The largest absolute Gasteiger partial charge is 2.00 e. The molecule has 0 aliphatic rings. The molecule has 0 aliphatic carbocycles. The first-order valence-electron chi connectivity index (χ1n) is 3.58. The average molecular weight is 188 g/mol. The summed E-state index contributed by atoms with van der Waals surface area (Å²) in [6.07, 6.45) is 0. The summed E-state index contributed by atoms with van der Waals surface area (Å²) >= 11 is 0. The predicted molar refractivity (Wildman–Crippen MR) is 58.0 cm³/mol. The van der Waals surface area contributed by atoms with Gasteiger partial charge in [0.2, 0.25) is 0 Å². The van der Waals surface area contributed by atoms with E-state index in [0.29, 0.717) is 0 Å². The molecular weight excluding hydrogens is 167 g/mol. The zero-order chi connectivity index (χ0) is 7.65. The zero-order valence-electron chi connectivity index (χ0n) is 10.2. The Morgan fingerprint density at radius 3 is 1.50 bits per heavy atom. The molecule has 0 aromatic carbocycles. The molecule has 4 heteroatoms. The Labute approximate surface area is 87.1 Å². The Morgan fingerprint density at radius 1 is 1.20 bits per heavy atom. The van der Waals surface area contributed by atoms with E-state index in [1.807, 2.05) is 0 Å². The van der Waals surface area contributed by atoms with Crippen LogP contribution in [-0.2, 0) is 0 Å². The van der Waals surface area contributed by atoms with E-state index in [1.165, 1.54) is 0 Å². The summed E-state index contributed by atoms with van der Waals surface area (Å²) in [5, 5.41) is 0. The molecule has 0 amide bonds. The maximum Gasteiger partial charge on any atom is 2.00 e. The second kappa shape index (κ2) is 4.92. The van der Waals surface area contributed by atoms with Crippen LogP contribution < -0.4 is 0 Å². The fraction of sp³-hybridized carbons (Fsp3) is 1.00. The van der Waals surface area contributed by atoms with Crippen molar-refractivity contribution < 1.29 is 2.85 Å². The Morgan fingerprint density at radius 2 is 1.50 bits per heavy atom. The topological polar surface area (TPSA) is 3.24 Å². The van der Waals surface area contributed by atoms with Crippen molar-refractivity contribution in [3.05, 3.63) is 0 Å². The Bertz CT molecular complexity index is 98.0. The SMILES string of the molecule is CN([SiH](C)C)[Si](C)(C)C.[H-].[H-].[Mg+2]. The summed E-state index contributed by atoms with van der Waals surface area (Å²) < 4.78 is 2.63. The van der Waals surface area contributed by atoms with Gasteiger partial charge in [0.25, 0.3) is 0 Å². The predicted octanol–water partition coefficient (Wildman–Crippen LogP) is 1.58. The fourth-order valence-electron chi connectivity index (χ4n) is 0.775. The average Bonchev–Trinajstić information content (AvgIpc) is 1.62. The second-order valence-electron chi connectivity index (χ2n) is 3.88. The molecule has 1 nitrogen and oxygen atoms in total. The van der Waals surface area contributed by atoms with Crippen molar-refractivity contribution in [1.82, 2.24) is 4.23 Å². The van der Waals surface area contributed by atoms with Crippen LogP contribution in [0.15, 0.2) is 0 Å². The normalized spacial score (nSPS) is 12.0. The number of hydrogen-bond donors (Lipinski definition) is 0. The number of nitrogens with zero attached hydrogens (tertiary/aromatic N) is 1. The van der Waals surface area contributed by atoms with Crippen LogP contribution in [0.1, 0.15) is 2.85 Å².